The van der Waals surface area contributed by atoms with Crippen molar-refractivity contribution in [3.8, 4) is 0 Å². The van der Waals surface area contributed by atoms with E-state index in [1.165, 1.54) is 6.92 Å². The van der Waals surface area contributed by atoms with Crippen molar-refractivity contribution in [1.29, 1.82) is 0 Å². The molecule has 14 heavy (non-hydrogen) atoms. The number of carbonyl (C=O) groups excluding carboxylic acids is 2. The zero-order chi connectivity index (χ0) is 10.4. The molecule has 1 atom stereocenters. The van der Waals surface area contributed by atoms with E-state index >= 15 is 0 Å². The van der Waals surface area contributed by atoms with E-state index in [0.29, 0.717) is 5.82 Å². The Morgan fingerprint density at radius 3 is 2.93 bits per heavy atom. The topological polar surface area (TPSA) is 71.1 Å². The maximum absolute atomic E-state index is 11.1. The van der Waals surface area contributed by atoms with Crippen molar-refractivity contribution < 1.29 is 9.59 Å². The van der Waals surface area contributed by atoms with E-state index in [9.17, 15) is 9.59 Å². The molecular weight excluding hydrogens is 182 g/mol. The highest BCUT2D eigenvalue weighted by molar-refractivity contribution is 5.89. The molecule has 73 valence electrons. The first-order chi connectivity index (χ1) is 6.72. The van der Waals surface area contributed by atoms with Gasteiger partial charge in [-0.05, 0) is 19.1 Å². The predicted octanol–water partition coefficient (Wildman–Crippen LogP) is 0.701. The van der Waals surface area contributed by atoms with Crippen LogP contribution in [0, 0.1) is 0 Å². The molecule has 0 aliphatic carbocycles. The molecule has 0 spiro atoms. The second kappa shape index (κ2) is 4.96. The molecule has 1 rings (SSSR count). The lowest BCUT2D eigenvalue weighted by Gasteiger charge is -2.07. The van der Waals surface area contributed by atoms with Crippen molar-refractivity contribution in [2.45, 2.75) is 13.0 Å². The van der Waals surface area contributed by atoms with Gasteiger partial charge in [0.1, 0.15) is 5.82 Å². The molecule has 0 aliphatic heterocycles. The average Bonchev–Trinajstić information content (AvgIpc) is 2.19. The Balaban J connectivity index is 2.46. The third-order valence-corrected chi connectivity index (χ3v) is 1.43. The molecule has 2 amide bonds. The lowest BCUT2D eigenvalue weighted by Crippen LogP contribution is -2.37. The van der Waals surface area contributed by atoms with Gasteiger partial charge in [-0.2, -0.15) is 0 Å². The van der Waals surface area contributed by atoms with Crippen molar-refractivity contribution >= 4 is 18.1 Å². The predicted molar refractivity (Wildman–Crippen MR) is 51.5 cm³/mol. The van der Waals surface area contributed by atoms with Gasteiger partial charge in [-0.3, -0.25) is 10.1 Å². The largest absolute Gasteiger partial charge is 0.328 e. The summed E-state index contributed by atoms with van der Waals surface area (Å²) in [5.41, 5.74) is 0. The fourth-order valence-corrected chi connectivity index (χ4v) is 0.815. The monoisotopic (exact) mass is 192 g/mol. The number of hydrogen-bond acceptors (Lipinski definition) is 3. The van der Waals surface area contributed by atoms with Crippen LogP contribution in [-0.4, -0.2) is 23.3 Å². The Bertz CT molecular complexity index is 313. The van der Waals surface area contributed by atoms with Gasteiger partial charge in [0.05, 0.1) is 6.04 Å². The summed E-state index contributed by atoms with van der Waals surface area (Å²) in [6.07, 6.45) is 3.20. The van der Waals surface area contributed by atoms with Crippen LogP contribution >= 0.6 is 0 Å². The van der Waals surface area contributed by atoms with E-state index in [-0.39, 0.29) is 0 Å². The minimum Gasteiger partial charge on any atom is -0.328 e. The standard InChI is InChI=1S/C9H10N3O2/c1-7(6-13)11-9(14)12-8-4-2-3-5-10-8/h2-5,7H,1H3,(H2,10,11,12,14). The van der Waals surface area contributed by atoms with Gasteiger partial charge in [-0.1, -0.05) is 6.07 Å². The van der Waals surface area contributed by atoms with Crippen molar-refractivity contribution in [3.05, 3.63) is 24.4 Å². The summed E-state index contributed by atoms with van der Waals surface area (Å²) in [5, 5.41) is 4.83. The molecular formula is C9H10N3O2. The number of carbonyl (C=O) groups is 1. The number of anilines is 1. The van der Waals surface area contributed by atoms with Gasteiger partial charge in [0, 0.05) is 6.20 Å². The first-order valence-electron chi connectivity index (χ1n) is 4.08. The fourth-order valence-electron chi connectivity index (χ4n) is 0.815. The van der Waals surface area contributed by atoms with Crippen LogP contribution in [0.4, 0.5) is 10.6 Å². The Labute approximate surface area is 81.5 Å². The molecule has 5 nitrogen and oxygen atoms in total. The van der Waals surface area contributed by atoms with Crippen LogP contribution in [0.3, 0.4) is 0 Å². The highest BCUT2D eigenvalue weighted by Gasteiger charge is 2.06. The highest BCUT2D eigenvalue weighted by atomic mass is 16.2. The Morgan fingerprint density at radius 1 is 1.57 bits per heavy atom. The smallest absolute Gasteiger partial charge is 0.320 e. The van der Waals surface area contributed by atoms with Crippen molar-refractivity contribution in [1.82, 2.24) is 10.3 Å². The molecule has 2 N–H and O–H groups in total. The highest BCUT2D eigenvalue weighted by Crippen LogP contribution is 1.98. The van der Waals surface area contributed by atoms with Gasteiger partial charge < -0.3 is 5.32 Å². The first kappa shape index (κ1) is 10.2. The SMILES string of the molecule is CC([C]=O)NC(=O)Nc1ccccn1. The minimum atomic E-state index is -0.626. The summed E-state index contributed by atoms with van der Waals surface area (Å²) in [6.45, 7) is 1.53. The maximum Gasteiger partial charge on any atom is 0.320 e. The number of pyridine rings is 1. The molecule has 1 aromatic heterocycles. The van der Waals surface area contributed by atoms with E-state index in [1.54, 1.807) is 30.7 Å². The third kappa shape index (κ3) is 3.22. The van der Waals surface area contributed by atoms with Crippen molar-refractivity contribution in [3.63, 3.8) is 0 Å². The lowest BCUT2D eigenvalue weighted by molar-refractivity contribution is 0.251. The number of urea groups is 1. The number of amides is 2. The van der Waals surface area contributed by atoms with Crippen LogP contribution in [0.2, 0.25) is 0 Å². The molecule has 1 unspecified atom stereocenters. The lowest BCUT2D eigenvalue weighted by atomic mass is 10.4. The van der Waals surface area contributed by atoms with E-state index < -0.39 is 12.1 Å². The number of aromatic nitrogens is 1. The molecule has 0 aliphatic rings. The van der Waals surface area contributed by atoms with E-state index in [2.05, 4.69) is 15.6 Å². The zero-order valence-corrected chi connectivity index (χ0v) is 7.65. The summed E-state index contributed by atoms with van der Waals surface area (Å²) in [5.74, 6) is 0.433. The number of rotatable bonds is 3. The summed E-state index contributed by atoms with van der Waals surface area (Å²) in [7, 11) is 0. The zero-order valence-electron chi connectivity index (χ0n) is 7.65. The normalized spacial score (nSPS) is 11.5. The quantitative estimate of drug-likeness (QED) is 0.740. The van der Waals surface area contributed by atoms with Crippen LogP contribution in [0.15, 0.2) is 24.4 Å². The van der Waals surface area contributed by atoms with Crippen molar-refractivity contribution in [2.75, 3.05) is 5.32 Å². The molecule has 0 saturated carbocycles. The van der Waals surface area contributed by atoms with Gasteiger partial charge >= 0.3 is 6.03 Å². The second-order valence-electron chi connectivity index (χ2n) is 2.65. The van der Waals surface area contributed by atoms with Crippen LogP contribution in [0.25, 0.3) is 0 Å². The summed E-state index contributed by atoms with van der Waals surface area (Å²) in [6, 6.07) is 4.04. The van der Waals surface area contributed by atoms with Gasteiger partial charge in [0.25, 0.3) is 0 Å². The third-order valence-electron chi connectivity index (χ3n) is 1.43. The Hall–Kier alpha value is -1.91. The average molecular weight is 192 g/mol. The number of nitrogens with one attached hydrogen (secondary N) is 2. The van der Waals surface area contributed by atoms with E-state index in [1.807, 2.05) is 0 Å². The van der Waals surface area contributed by atoms with Crippen molar-refractivity contribution in [2.24, 2.45) is 0 Å². The van der Waals surface area contributed by atoms with Gasteiger partial charge in [-0.15, -0.1) is 0 Å². The molecule has 1 aromatic rings. The van der Waals surface area contributed by atoms with Gasteiger partial charge in [0.2, 0.25) is 6.29 Å². The van der Waals surface area contributed by atoms with E-state index in [0.717, 1.165) is 0 Å². The minimum absolute atomic E-state index is 0.433. The molecule has 0 bridgehead atoms. The molecule has 0 aromatic carbocycles. The first-order valence-corrected chi connectivity index (χ1v) is 4.08. The van der Waals surface area contributed by atoms with Gasteiger partial charge in [0.15, 0.2) is 0 Å². The van der Waals surface area contributed by atoms with Crippen LogP contribution in [0.5, 0.6) is 0 Å². The van der Waals surface area contributed by atoms with Crippen LogP contribution < -0.4 is 10.6 Å². The number of hydrogen-bond donors (Lipinski definition) is 2. The van der Waals surface area contributed by atoms with E-state index in [4.69, 9.17) is 0 Å². The molecule has 1 heterocycles. The molecule has 5 heteroatoms. The summed E-state index contributed by atoms with van der Waals surface area (Å²) < 4.78 is 0. The second-order valence-corrected chi connectivity index (χ2v) is 2.65. The summed E-state index contributed by atoms with van der Waals surface area (Å²) in [4.78, 5) is 25.1. The molecule has 1 radical (unpaired) electrons. The van der Waals surface area contributed by atoms with Crippen LogP contribution in [0.1, 0.15) is 6.92 Å². The fraction of sp³-hybridized carbons (Fsp3) is 0.222. The maximum atomic E-state index is 11.1. The number of nitrogens with zero attached hydrogens (tertiary/aromatic N) is 1. The van der Waals surface area contributed by atoms with Gasteiger partial charge in [-0.25, -0.2) is 9.78 Å². The van der Waals surface area contributed by atoms with Crippen LogP contribution in [-0.2, 0) is 4.79 Å². The Morgan fingerprint density at radius 2 is 2.36 bits per heavy atom. The molecule has 0 saturated heterocycles. The Kier molecular flexibility index (Phi) is 3.60. The summed E-state index contributed by atoms with van der Waals surface area (Å²) >= 11 is 0. The molecule has 0 fully saturated rings.